The number of benzene rings is 2. The molecule has 0 bridgehead atoms. The maximum atomic E-state index is 11.4. The van der Waals surface area contributed by atoms with Gasteiger partial charge in [-0.05, 0) is 43.4 Å². The number of carboxylic acid groups (broad SMARTS) is 1. The number of fused-ring (bicyclic) bond motifs is 5. The Balaban J connectivity index is 1.47. The Morgan fingerprint density at radius 2 is 1.64 bits per heavy atom. The van der Waals surface area contributed by atoms with Crippen molar-refractivity contribution in [3.63, 3.8) is 0 Å². The molecule has 2 aromatic carbocycles. The molecule has 0 spiro atoms. The highest BCUT2D eigenvalue weighted by atomic mass is 35.5. The van der Waals surface area contributed by atoms with E-state index in [9.17, 15) is 25.2 Å². The zero-order chi connectivity index (χ0) is 23.4. The molecule has 3 heterocycles. The quantitative estimate of drug-likeness (QED) is 0.520. The lowest BCUT2D eigenvalue weighted by molar-refractivity contribution is -0.271. The van der Waals surface area contributed by atoms with Crippen LogP contribution >= 0.6 is 11.6 Å². The van der Waals surface area contributed by atoms with Crippen LogP contribution in [0.3, 0.4) is 0 Å². The van der Waals surface area contributed by atoms with E-state index in [1.165, 1.54) is 0 Å². The first-order chi connectivity index (χ1) is 15.7. The van der Waals surface area contributed by atoms with Crippen molar-refractivity contribution >= 4 is 17.6 Å². The smallest absolute Gasteiger partial charge is 0.335 e. The summed E-state index contributed by atoms with van der Waals surface area (Å²) in [5.41, 5.74) is 1.93. The van der Waals surface area contributed by atoms with E-state index < -0.39 is 36.7 Å². The van der Waals surface area contributed by atoms with Gasteiger partial charge in [0, 0.05) is 41.1 Å². The predicted octanol–water partition coefficient (Wildman–Crippen LogP) is 1.53. The van der Waals surface area contributed by atoms with Crippen molar-refractivity contribution in [1.29, 1.82) is 0 Å². The van der Waals surface area contributed by atoms with E-state index >= 15 is 0 Å². The minimum atomic E-state index is -1.78. The van der Waals surface area contributed by atoms with Gasteiger partial charge in [-0.15, -0.1) is 0 Å². The molecular weight excluding hydrogens is 454 g/mol. The normalized spacial score (nSPS) is 33.3. The average Bonchev–Trinajstić information content (AvgIpc) is 3.12. The van der Waals surface area contributed by atoms with Crippen LogP contribution in [0.2, 0.25) is 5.02 Å². The number of carbonyl (C=O) groups is 1. The fourth-order valence-electron chi connectivity index (χ4n) is 4.92. The number of aliphatic carboxylic acids is 1. The third-order valence-electron chi connectivity index (χ3n) is 6.54. The van der Waals surface area contributed by atoms with Crippen LogP contribution in [0.25, 0.3) is 0 Å². The minimum absolute atomic E-state index is 0.0876. The molecule has 10 heteroatoms. The Morgan fingerprint density at radius 1 is 1.00 bits per heavy atom. The van der Waals surface area contributed by atoms with Crippen molar-refractivity contribution in [2.45, 2.75) is 42.5 Å². The molecule has 176 valence electrons. The molecule has 3 aliphatic heterocycles. The van der Waals surface area contributed by atoms with Crippen molar-refractivity contribution < 1.29 is 39.4 Å². The lowest BCUT2D eigenvalue weighted by atomic mass is 9.84. The van der Waals surface area contributed by atoms with Gasteiger partial charge in [0.05, 0.1) is 0 Å². The van der Waals surface area contributed by atoms with Gasteiger partial charge in [-0.3, -0.25) is 0 Å². The van der Waals surface area contributed by atoms with E-state index in [1.807, 2.05) is 19.2 Å². The molecule has 0 radical (unpaired) electrons. The van der Waals surface area contributed by atoms with Gasteiger partial charge in [0.2, 0.25) is 6.29 Å². The number of likely N-dealkylation sites (N-methyl/N-ethyl adjacent to an activating group) is 1. The summed E-state index contributed by atoms with van der Waals surface area (Å²) < 4.78 is 17.2. The van der Waals surface area contributed by atoms with Gasteiger partial charge in [-0.25, -0.2) is 4.79 Å². The number of nitrogens with zero attached hydrogens (tertiary/aromatic N) is 1. The molecule has 2 saturated heterocycles. The molecule has 7 atom stereocenters. The highest BCUT2D eigenvalue weighted by molar-refractivity contribution is 6.30. The first-order valence-corrected chi connectivity index (χ1v) is 11.0. The summed E-state index contributed by atoms with van der Waals surface area (Å²) in [4.78, 5) is 13.6. The lowest BCUT2D eigenvalue weighted by Gasteiger charge is -2.38. The van der Waals surface area contributed by atoms with Crippen molar-refractivity contribution in [3.05, 3.63) is 52.5 Å². The number of rotatable bonds is 3. The van der Waals surface area contributed by atoms with E-state index in [4.69, 9.17) is 25.8 Å². The SMILES string of the molecule is CN1C[C@@H]2c3cc(Cl)ccc3Oc3ccc(O[C@@H]4O[C@H](C(=O)O)[C@@H](O)[C@H](O)[C@H]4O)cc3[C@H]2C1. The highest BCUT2D eigenvalue weighted by Crippen LogP contribution is 2.50. The first kappa shape index (κ1) is 22.4. The van der Waals surface area contributed by atoms with Crippen LogP contribution in [-0.2, 0) is 9.53 Å². The van der Waals surface area contributed by atoms with Crippen LogP contribution in [0.1, 0.15) is 23.0 Å². The standard InChI is InChI=1S/C23H24ClNO8/c1-25-8-14-12-6-10(24)2-4-16(12)32-17-5-3-11(7-13(17)15(14)9-25)31-23-20(28)18(26)19(27)21(33-23)22(29)30/h2-7,14-15,18-21,23,26-28H,8-9H2,1H3,(H,29,30)/t14-,15-,18+,19+,20-,21+,23-/m1/s1. The van der Waals surface area contributed by atoms with E-state index in [1.54, 1.807) is 24.3 Å². The van der Waals surface area contributed by atoms with E-state index in [0.717, 1.165) is 30.0 Å². The lowest BCUT2D eigenvalue weighted by Crippen LogP contribution is -2.61. The second-order valence-corrected chi connectivity index (χ2v) is 9.21. The van der Waals surface area contributed by atoms with Gasteiger partial charge < -0.3 is 39.5 Å². The van der Waals surface area contributed by atoms with Crippen LogP contribution < -0.4 is 9.47 Å². The maximum absolute atomic E-state index is 11.4. The molecule has 0 amide bonds. The Hall–Kier alpha value is -2.40. The first-order valence-electron chi connectivity index (χ1n) is 10.6. The van der Waals surface area contributed by atoms with Gasteiger partial charge in [0.25, 0.3) is 0 Å². The van der Waals surface area contributed by atoms with Crippen molar-refractivity contribution in [1.82, 2.24) is 4.90 Å². The zero-order valence-corrected chi connectivity index (χ0v) is 18.4. The molecular formula is C23H24ClNO8. The summed E-state index contributed by atoms with van der Waals surface area (Å²) in [5.74, 6) is 0.481. The van der Waals surface area contributed by atoms with E-state index in [-0.39, 0.29) is 11.8 Å². The molecule has 0 saturated carbocycles. The second kappa shape index (κ2) is 8.43. The van der Waals surface area contributed by atoms with E-state index in [0.29, 0.717) is 16.5 Å². The van der Waals surface area contributed by atoms with Crippen molar-refractivity contribution in [2.75, 3.05) is 20.1 Å². The molecule has 4 N–H and O–H groups in total. The number of aliphatic hydroxyl groups is 3. The minimum Gasteiger partial charge on any atom is -0.479 e. The fourth-order valence-corrected chi connectivity index (χ4v) is 5.10. The van der Waals surface area contributed by atoms with Crippen LogP contribution in [0.15, 0.2) is 36.4 Å². The number of hydrogen-bond acceptors (Lipinski definition) is 8. The molecule has 2 aromatic rings. The molecule has 0 aromatic heterocycles. The molecule has 5 rings (SSSR count). The summed E-state index contributed by atoms with van der Waals surface area (Å²) >= 11 is 6.26. The number of carboxylic acids is 1. The molecule has 33 heavy (non-hydrogen) atoms. The van der Waals surface area contributed by atoms with Gasteiger partial charge in [-0.1, -0.05) is 11.6 Å². The molecule has 9 nitrogen and oxygen atoms in total. The third kappa shape index (κ3) is 3.95. The fraction of sp³-hybridized carbons (Fsp3) is 0.435. The summed E-state index contributed by atoms with van der Waals surface area (Å²) in [7, 11) is 2.05. The van der Waals surface area contributed by atoms with Crippen LogP contribution in [0, 0.1) is 0 Å². The van der Waals surface area contributed by atoms with E-state index in [2.05, 4.69) is 4.90 Å². The third-order valence-corrected chi connectivity index (χ3v) is 6.77. The van der Waals surface area contributed by atoms with Gasteiger partial charge in [-0.2, -0.15) is 0 Å². The van der Waals surface area contributed by atoms with Gasteiger partial charge in [0.15, 0.2) is 6.10 Å². The van der Waals surface area contributed by atoms with Crippen molar-refractivity contribution in [3.8, 4) is 17.2 Å². The Kier molecular flexibility index (Phi) is 5.72. The summed E-state index contributed by atoms with van der Waals surface area (Å²) in [6.07, 6.45) is -8.36. The number of ether oxygens (including phenoxy) is 3. The topological polar surface area (TPSA) is 129 Å². The second-order valence-electron chi connectivity index (χ2n) is 8.77. The summed E-state index contributed by atoms with van der Waals surface area (Å²) in [6, 6.07) is 10.7. The van der Waals surface area contributed by atoms with Crippen molar-refractivity contribution in [2.24, 2.45) is 0 Å². The molecule has 0 aliphatic carbocycles. The zero-order valence-electron chi connectivity index (χ0n) is 17.7. The Morgan fingerprint density at radius 3 is 2.30 bits per heavy atom. The predicted molar refractivity (Wildman–Crippen MR) is 116 cm³/mol. The molecule has 0 unspecified atom stereocenters. The molecule has 3 aliphatic rings. The van der Waals surface area contributed by atoms with Crippen LogP contribution in [0.4, 0.5) is 0 Å². The maximum Gasteiger partial charge on any atom is 0.335 e. The number of aliphatic hydroxyl groups excluding tert-OH is 3. The molecule has 2 fully saturated rings. The average molecular weight is 478 g/mol. The van der Waals surface area contributed by atoms with Crippen LogP contribution in [-0.4, -0.2) is 82.1 Å². The summed E-state index contributed by atoms with van der Waals surface area (Å²) in [5, 5.41) is 40.1. The van der Waals surface area contributed by atoms with Gasteiger partial charge >= 0.3 is 5.97 Å². The Labute approximate surface area is 194 Å². The number of likely N-dealkylation sites (tertiary alicyclic amines) is 1. The Bertz CT molecular complexity index is 1080. The largest absolute Gasteiger partial charge is 0.479 e. The number of hydrogen-bond donors (Lipinski definition) is 4. The monoisotopic (exact) mass is 477 g/mol. The van der Waals surface area contributed by atoms with Crippen LogP contribution in [0.5, 0.6) is 17.2 Å². The highest BCUT2D eigenvalue weighted by Gasteiger charge is 2.48. The van der Waals surface area contributed by atoms with Gasteiger partial charge in [0.1, 0.15) is 35.6 Å². The summed E-state index contributed by atoms with van der Waals surface area (Å²) in [6.45, 7) is 1.60. The number of halogens is 1.